The summed E-state index contributed by atoms with van der Waals surface area (Å²) in [6.07, 6.45) is 5.85. The Labute approximate surface area is 275 Å². The van der Waals surface area contributed by atoms with Gasteiger partial charge in [0.1, 0.15) is 29.4 Å². The molecule has 0 fully saturated rings. The Morgan fingerprint density at radius 1 is 0.957 bits per heavy atom. The van der Waals surface area contributed by atoms with Crippen molar-refractivity contribution in [2.75, 3.05) is 23.8 Å². The minimum atomic E-state index is -0.482. The maximum absolute atomic E-state index is 13.0. The third kappa shape index (κ3) is 7.84. The third-order valence-corrected chi connectivity index (χ3v) is 7.64. The topological polar surface area (TPSA) is 126 Å². The molecule has 2 aromatic carbocycles. The lowest BCUT2D eigenvalue weighted by Gasteiger charge is -2.21. The van der Waals surface area contributed by atoms with Gasteiger partial charge < -0.3 is 20.3 Å². The van der Waals surface area contributed by atoms with Gasteiger partial charge in [-0.15, -0.1) is 0 Å². The fraction of sp³-hybridized carbons (Fsp3) is 0.118. The Kier molecular flexibility index (Phi) is 10.2. The van der Waals surface area contributed by atoms with E-state index in [1.165, 1.54) is 29.4 Å². The van der Waals surface area contributed by atoms with Crippen molar-refractivity contribution in [3.05, 3.63) is 124 Å². The fourth-order valence-electron chi connectivity index (χ4n) is 4.36. The van der Waals surface area contributed by atoms with Crippen molar-refractivity contribution in [2.24, 2.45) is 0 Å². The van der Waals surface area contributed by atoms with Crippen molar-refractivity contribution in [3.63, 3.8) is 0 Å². The van der Waals surface area contributed by atoms with Crippen LogP contribution in [-0.4, -0.2) is 46.3 Å². The van der Waals surface area contributed by atoms with E-state index in [2.05, 4.69) is 25.6 Å². The number of likely N-dealkylation sites (N-methyl/N-ethyl adjacent to an activating group) is 1. The highest BCUT2D eigenvalue weighted by molar-refractivity contribution is 6.38. The molecule has 46 heavy (non-hydrogen) atoms. The van der Waals surface area contributed by atoms with Crippen LogP contribution in [0.2, 0.25) is 10.0 Å². The highest BCUT2D eigenvalue weighted by Gasteiger charge is 2.19. The van der Waals surface area contributed by atoms with Gasteiger partial charge in [-0.3, -0.25) is 19.4 Å². The van der Waals surface area contributed by atoms with Crippen LogP contribution in [0.3, 0.4) is 0 Å². The summed E-state index contributed by atoms with van der Waals surface area (Å²) in [5, 5.41) is 6.81. The Morgan fingerprint density at radius 3 is 2.57 bits per heavy atom. The number of amides is 3. The summed E-state index contributed by atoms with van der Waals surface area (Å²) in [6, 6.07) is 21.1. The molecule has 0 saturated heterocycles. The highest BCUT2D eigenvalue weighted by atomic mass is 35.5. The van der Waals surface area contributed by atoms with E-state index in [1.54, 1.807) is 49.5 Å². The van der Waals surface area contributed by atoms with E-state index in [9.17, 15) is 14.4 Å². The number of hydrogen-bond acceptors (Lipinski definition) is 7. The molecule has 3 amide bonds. The summed E-state index contributed by atoms with van der Waals surface area (Å²) in [6.45, 7) is 1.68. The number of pyridine rings is 3. The van der Waals surface area contributed by atoms with Crippen LogP contribution in [0.25, 0.3) is 17.0 Å². The molecule has 3 aromatic heterocycles. The second-order valence-electron chi connectivity index (χ2n) is 10.1. The molecule has 10 nitrogen and oxygen atoms in total. The zero-order valence-corrected chi connectivity index (χ0v) is 26.3. The van der Waals surface area contributed by atoms with Gasteiger partial charge in [-0.25, -0.2) is 9.97 Å². The number of fused-ring (bicyclic) bond motifs is 1. The first kappa shape index (κ1) is 32.1. The average molecular weight is 656 g/mol. The fourth-order valence-corrected chi connectivity index (χ4v) is 4.97. The van der Waals surface area contributed by atoms with E-state index >= 15 is 0 Å². The molecule has 0 radical (unpaired) electrons. The quantitative estimate of drug-likeness (QED) is 0.170. The number of carbonyl (C=O) groups excluding carboxylic acids is 3. The number of carbonyl (C=O) groups is 3. The second-order valence-corrected chi connectivity index (χ2v) is 10.9. The van der Waals surface area contributed by atoms with Gasteiger partial charge >= 0.3 is 0 Å². The molecule has 2 N–H and O–H groups in total. The van der Waals surface area contributed by atoms with Crippen molar-refractivity contribution in [1.29, 1.82) is 0 Å². The Morgan fingerprint density at radius 2 is 1.80 bits per heavy atom. The molecule has 12 heteroatoms. The molecule has 0 unspecified atom stereocenters. The van der Waals surface area contributed by atoms with Gasteiger partial charge in [0.25, 0.3) is 5.91 Å². The first-order valence-electron chi connectivity index (χ1n) is 14.1. The number of aryl methyl sites for hydroxylation is 1. The van der Waals surface area contributed by atoms with Gasteiger partial charge in [-0.2, -0.15) is 0 Å². The Hall–Kier alpha value is -5.32. The van der Waals surface area contributed by atoms with Crippen LogP contribution in [0.5, 0.6) is 5.75 Å². The molecule has 0 aliphatic heterocycles. The maximum atomic E-state index is 13.0. The number of hydrogen-bond donors (Lipinski definition) is 2. The normalized spacial score (nSPS) is 11.0. The van der Waals surface area contributed by atoms with Crippen molar-refractivity contribution >= 4 is 69.4 Å². The summed E-state index contributed by atoms with van der Waals surface area (Å²) in [5.41, 5.74) is 3.38. The number of rotatable bonds is 10. The van der Waals surface area contributed by atoms with Crippen LogP contribution in [0.1, 0.15) is 27.3 Å². The molecule has 232 valence electrons. The van der Waals surface area contributed by atoms with Crippen LogP contribution >= 0.6 is 23.2 Å². The lowest BCUT2D eigenvalue weighted by atomic mass is 10.1. The molecule has 3 heterocycles. The number of para-hydroxylation sites is 1. The minimum absolute atomic E-state index is 0.0518. The van der Waals surface area contributed by atoms with Gasteiger partial charge in [0.05, 0.1) is 17.3 Å². The molecular formula is C34H28Cl2N6O4. The zero-order valence-electron chi connectivity index (χ0n) is 24.8. The number of halogens is 2. The van der Waals surface area contributed by atoms with E-state index in [-0.39, 0.29) is 29.8 Å². The van der Waals surface area contributed by atoms with Gasteiger partial charge in [0, 0.05) is 47.2 Å². The Bertz CT molecular complexity index is 1930. The van der Waals surface area contributed by atoms with Crippen molar-refractivity contribution in [2.45, 2.75) is 13.5 Å². The van der Waals surface area contributed by atoms with E-state index in [0.717, 1.165) is 16.6 Å². The SMILES string of the molecule is Cc1ccc2cccc(OCc3c(Cl)ccc(N(C)C(=O)CNC(=O)C=Cc4ccc(NC(=O)c5ccccn5)nc4)c3Cl)c2n1. The first-order valence-corrected chi connectivity index (χ1v) is 14.8. The molecule has 0 atom stereocenters. The van der Waals surface area contributed by atoms with E-state index in [0.29, 0.717) is 33.4 Å². The molecule has 0 bridgehead atoms. The van der Waals surface area contributed by atoms with Crippen molar-refractivity contribution in [1.82, 2.24) is 20.3 Å². The van der Waals surface area contributed by atoms with Crippen molar-refractivity contribution in [3.8, 4) is 5.75 Å². The molecular weight excluding hydrogens is 627 g/mol. The van der Waals surface area contributed by atoms with Crippen LogP contribution < -0.4 is 20.3 Å². The maximum Gasteiger partial charge on any atom is 0.275 e. The van der Waals surface area contributed by atoms with Gasteiger partial charge in [0.2, 0.25) is 11.8 Å². The molecule has 5 rings (SSSR count). The van der Waals surface area contributed by atoms with E-state index in [1.807, 2.05) is 37.3 Å². The predicted octanol–water partition coefficient (Wildman–Crippen LogP) is 6.26. The van der Waals surface area contributed by atoms with Crippen LogP contribution in [0, 0.1) is 6.92 Å². The molecule has 0 saturated carbocycles. The van der Waals surface area contributed by atoms with Gasteiger partial charge in [0.15, 0.2) is 0 Å². The molecule has 0 spiro atoms. The van der Waals surface area contributed by atoms with Crippen LogP contribution in [0.4, 0.5) is 11.5 Å². The number of anilines is 2. The smallest absolute Gasteiger partial charge is 0.275 e. The molecule has 0 aliphatic rings. The number of benzene rings is 2. The van der Waals surface area contributed by atoms with Crippen LogP contribution in [0.15, 0.2) is 91.3 Å². The highest BCUT2D eigenvalue weighted by Crippen LogP contribution is 2.35. The van der Waals surface area contributed by atoms with E-state index in [4.69, 9.17) is 27.9 Å². The largest absolute Gasteiger partial charge is 0.487 e. The number of ether oxygens (including phenoxy) is 1. The lowest BCUT2D eigenvalue weighted by Crippen LogP contribution is -2.37. The van der Waals surface area contributed by atoms with Crippen molar-refractivity contribution < 1.29 is 19.1 Å². The Balaban J connectivity index is 1.16. The summed E-state index contributed by atoms with van der Waals surface area (Å²) in [7, 11) is 1.56. The standard InChI is InChI=1S/C34H28Cl2N6O4/c1-21-9-12-23-6-5-8-28(33(23)40-21)46-20-24-25(35)13-14-27(32(24)36)42(2)31(44)19-39-30(43)16-11-22-10-15-29(38-18-22)41-34(45)26-7-3-4-17-37-26/h3-18H,19-20H2,1-2H3,(H,39,43)(H,38,41,45). The first-order chi connectivity index (χ1) is 22.2. The number of nitrogens with zero attached hydrogens (tertiary/aromatic N) is 4. The number of nitrogens with one attached hydrogen (secondary N) is 2. The summed E-state index contributed by atoms with van der Waals surface area (Å²) in [5.74, 6) is -0.353. The average Bonchev–Trinajstić information content (AvgIpc) is 3.07. The monoisotopic (exact) mass is 654 g/mol. The second kappa shape index (κ2) is 14.6. The summed E-state index contributed by atoms with van der Waals surface area (Å²) < 4.78 is 6.08. The predicted molar refractivity (Wildman–Crippen MR) is 179 cm³/mol. The van der Waals surface area contributed by atoms with Gasteiger partial charge in [-0.05, 0) is 67.1 Å². The van der Waals surface area contributed by atoms with Gasteiger partial charge in [-0.1, -0.05) is 47.5 Å². The molecule has 0 aliphatic carbocycles. The van der Waals surface area contributed by atoms with E-state index < -0.39 is 11.8 Å². The van der Waals surface area contributed by atoms with Crippen LogP contribution in [-0.2, 0) is 16.2 Å². The third-order valence-electron chi connectivity index (χ3n) is 6.86. The lowest BCUT2D eigenvalue weighted by molar-refractivity contribution is -0.122. The zero-order chi connectivity index (χ0) is 32.6. The minimum Gasteiger partial charge on any atom is -0.487 e. The summed E-state index contributed by atoms with van der Waals surface area (Å²) >= 11 is 13.2. The molecule has 5 aromatic rings. The summed E-state index contributed by atoms with van der Waals surface area (Å²) in [4.78, 5) is 51.7. The number of aromatic nitrogens is 3.